The van der Waals surface area contributed by atoms with Gasteiger partial charge >= 0.3 is 0 Å². The van der Waals surface area contributed by atoms with Crippen molar-refractivity contribution >= 4 is 11.4 Å². The minimum atomic E-state index is 0.415. The van der Waals surface area contributed by atoms with Crippen LogP contribution >= 0.6 is 0 Å². The summed E-state index contributed by atoms with van der Waals surface area (Å²) >= 11 is 0. The second-order valence-electron chi connectivity index (χ2n) is 8.16. The van der Waals surface area contributed by atoms with Crippen LogP contribution in [0.4, 0.5) is 5.69 Å². The van der Waals surface area contributed by atoms with Crippen LogP contribution in [0.25, 0.3) is 0 Å². The van der Waals surface area contributed by atoms with E-state index in [-0.39, 0.29) is 0 Å². The molecule has 4 unspecified atom stereocenters. The lowest BCUT2D eigenvalue weighted by molar-refractivity contribution is 0.246. The molecule has 4 atom stereocenters. The molecule has 1 aliphatic heterocycles. The highest BCUT2D eigenvalue weighted by Crippen LogP contribution is 2.64. The van der Waals surface area contributed by atoms with Crippen molar-refractivity contribution in [3.05, 3.63) is 66.2 Å². The van der Waals surface area contributed by atoms with E-state index in [0.717, 1.165) is 11.8 Å². The van der Waals surface area contributed by atoms with E-state index in [4.69, 9.17) is 5.10 Å². The molecule has 2 fully saturated rings. The van der Waals surface area contributed by atoms with Gasteiger partial charge in [0.15, 0.2) is 0 Å². The van der Waals surface area contributed by atoms with Crippen LogP contribution in [0, 0.1) is 23.2 Å². The van der Waals surface area contributed by atoms with Crippen LogP contribution < -0.4 is 5.01 Å². The molecule has 1 heterocycles. The highest BCUT2D eigenvalue weighted by atomic mass is 15.5. The Morgan fingerprint density at radius 2 is 1.50 bits per heavy atom. The summed E-state index contributed by atoms with van der Waals surface area (Å²) in [6.45, 7) is 4.97. The zero-order chi connectivity index (χ0) is 16.3. The summed E-state index contributed by atoms with van der Waals surface area (Å²) in [6.07, 6.45) is 2.70. The van der Waals surface area contributed by atoms with Gasteiger partial charge in [-0.2, -0.15) is 5.10 Å². The normalized spacial score (nSPS) is 32.8. The number of nitrogens with zero attached hydrogens (tertiary/aromatic N) is 2. The van der Waals surface area contributed by atoms with Crippen molar-refractivity contribution in [1.82, 2.24) is 0 Å². The maximum atomic E-state index is 5.17. The zero-order valence-corrected chi connectivity index (χ0v) is 14.4. The van der Waals surface area contributed by atoms with Crippen LogP contribution in [0.15, 0.2) is 65.8 Å². The average Bonchev–Trinajstić information content (AvgIpc) is 3.21. The van der Waals surface area contributed by atoms with E-state index in [1.54, 1.807) is 0 Å². The molecule has 2 nitrogen and oxygen atoms in total. The molecule has 2 aromatic carbocycles. The molecule has 3 aliphatic rings. The lowest BCUT2D eigenvalue weighted by Gasteiger charge is -2.32. The Kier molecular flexibility index (Phi) is 2.94. The molecular formula is C22H24N2. The van der Waals surface area contributed by atoms with Crippen LogP contribution in [-0.2, 0) is 0 Å². The molecule has 5 rings (SSSR count). The van der Waals surface area contributed by atoms with Crippen molar-refractivity contribution in [2.24, 2.45) is 28.3 Å². The third-order valence-electron chi connectivity index (χ3n) is 6.82. The number of fused-ring (bicyclic) bond motifs is 5. The van der Waals surface area contributed by atoms with E-state index in [0.29, 0.717) is 17.4 Å². The summed E-state index contributed by atoms with van der Waals surface area (Å²) in [5.74, 6) is 2.05. The molecule has 122 valence electrons. The SMILES string of the molecule is CC1(C)C2CCC1C1C2C(c2ccccc2)=NN1c1ccccc1. The number of benzene rings is 2. The third kappa shape index (κ3) is 1.80. The van der Waals surface area contributed by atoms with Gasteiger partial charge in [0.25, 0.3) is 0 Å². The highest BCUT2D eigenvalue weighted by Gasteiger charge is 2.64. The lowest BCUT2D eigenvalue weighted by atomic mass is 9.77. The number of anilines is 1. The fourth-order valence-corrected chi connectivity index (χ4v) is 5.71. The van der Waals surface area contributed by atoms with Crippen molar-refractivity contribution in [1.29, 1.82) is 0 Å². The maximum absolute atomic E-state index is 5.17. The van der Waals surface area contributed by atoms with Crippen molar-refractivity contribution in [2.45, 2.75) is 32.7 Å². The van der Waals surface area contributed by atoms with Crippen LogP contribution in [0.3, 0.4) is 0 Å². The fraction of sp³-hybridized carbons (Fsp3) is 0.409. The molecule has 0 radical (unpaired) electrons. The third-order valence-corrected chi connectivity index (χ3v) is 6.82. The molecule has 2 aromatic rings. The lowest BCUT2D eigenvalue weighted by Crippen LogP contribution is -2.38. The van der Waals surface area contributed by atoms with E-state index in [2.05, 4.69) is 79.5 Å². The Morgan fingerprint density at radius 3 is 2.21 bits per heavy atom. The van der Waals surface area contributed by atoms with Crippen molar-refractivity contribution in [3.8, 4) is 0 Å². The second-order valence-corrected chi connectivity index (χ2v) is 8.16. The van der Waals surface area contributed by atoms with Gasteiger partial charge in [0.05, 0.1) is 17.4 Å². The largest absolute Gasteiger partial charge is 0.261 e. The Morgan fingerprint density at radius 1 is 0.875 bits per heavy atom. The van der Waals surface area contributed by atoms with Crippen molar-refractivity contribution < 1.29 is 0 Å². The van der Waals surface area contributed by atoms with Gasteiger partial charge in [-0.3, -0.25) is 5.01 Å². The zero-order valence-electron chi connectivity index (χ0n) is 14.4. The highest BCUT2D eigenvalue weighted by molar-refractivity contribution is 6.05. The van der Waals surface area contributed by atoms with Crippen LogP contribution in [-0.4, -0.2) is 11.8 Å². The predicted octanol–water partition coefficient (Wildman–Crippen LogP) is 4.96. The van der Waals surface area contributed by atoms with Gasteiger partial charge in [-0.1, -0.05) is 62.4 Å². The Balaban J connectivity index is 1.65. The number of para-hydroxylation sites is 1. The topological polar surface area (TPSA) is 15.6 Å². The minimum Gasteiger partial charge on any atom is -0.261 e. The first-order valence-corrected chi connectivity index (χ1v) is 9.16. The van der Waals surface area contributed by atoms with Crippen LogP contribution in [0.2, 0.25) is 0 Å². The summed E-state index contributed by atoms with van der Waals surface area (Å²) in [6, 6.07) is 22.1. The maximum Gasteiger partial charge on any atom is 0.0737 e. The van der Waals surface area contributed by atoms with Gasteiger partial charge in [0, 0.05) is 5.92 Å². The van der Waals surface area contributed by atoms with Gasteiger partial charge in [-0.25, -0.2) is 0 Å². The van der Waals surface area contributed by atoms with Gasteiger partial charge in [-0.15, -0.1) is 0 Å². The van der Waals surface area contributed by atoms with E-state index in [1.807, 2.05) is 0 Å². The second kappa shape index (κ2) is 4.95. The van der Waals surface area contributed by atoms with Gasteiger partial charge in [0.1, 0.15) is 0 Å². The number of hydrogen-bond donors (Lipinski definition) is 0. The molecule has 2 bridgehead atoms. The number of hydrogen-bond acceptors (Lipinski definition) is 2. The molecule has 0 saturated heterocycles. The summed E-state index contributed by atoms with van der Waals surface area (Å²) in [5, 5.41) is 7.52. The first-order chi connectivity index (χ1) is 11.7. The van der Waals surface area contributed by atoms with Gasteiger partial charge in [-0.05, 0) is 47.8 Å². The van der Waals surface area contributed by atoms with E-state index < -0.39 is 0 Å². The van der Waals surface area contributed by atoms with E-state index in [1.165, 1.54) is 29.8 Å². The summed E-state index contributed by atoms with van der Waals surface area (Å²) in [5.41, 5.74) is 4.26. The summed E-state index contributed by atoms with van der Waals surface area (Å²) in [7, 11) is 0. The predicted molar refractivity (Wildman–Crippen MR) is 99.2 cm³/mol. The monoisotopic (exact) mass is 316 g/mol. The van der Waals surface area contributed by atoms with Crippen molar-refractivity contribution in [3.63, 3.8) is 0 Å². The molecule has 2 aliphatic carbocycles. The first-order valence-electron chi connectivity index (χ1n) is 9.16. The molecule has 2 saturated carbocycles. The molecule has 24 heavy (non-hydrogen) atoms. The van der Waals surface area contributed by atoms with Gasteiger partial charge in [0.2, 0.25) is 0 Å². The average molecular weight is 316 g/mol. The molecule has 2 heteroatoms. The fourth-order valence-electron chi connectivity index (χ4n) is 5.71. The van der Waals surface area contributed by atoms with Crippen LogP contribution in [0.5, 0.6) is 0 Å². The Hall–Kier alpha value is -2.09. The summed E-state index contributed by atoms with van der Waals surface area (Å²) < 4.78 is 0. The van der Waals surface area contributed by atoms with Crippen molar-refractivity contribution in [2.75, 3.05) is 5.01 Å². The van der Waals surface area contributed by atoms with E-state index >= 15 is 0 Å². The molecule has 0 amide bonds. The molecule has 0 spiro atoms. The molecule has 0 N–H and O–H groups in total. The number of hydrazone groups is 1. The Bertz CT molecular complexity index is 778. The quantitative estimate of drug-likeness (QED) is 0.764. The molecule has 0 aromatic heterocycles. The van der Waals surface area contributed by atoms with Gasteiger partial charge < -0.3 is 0 Å². The minimum absolute atomic E-state index is 0.415. The van der Waals surface area contributed by atoms with Crippen LogP contribution in [0.1, 0.15) is 32.3 Å². The van der Waals surface area contributed by atoms with E-state index in [9.17, 15) is 0 Å². The Labute approximate surface area is 144 Å². The summed E-state index contributed by atoms with van der Waals surface area (Å²) in [4.78, 5) is 0. The standard InChI is InChI=1S/C22H24N2/c1-22(2)17-13-14-18(22)21-19(17)20(15-9-5-3-6-10-15)23-24(21)16-11-7-4-8-12-16/h3-12,17-19,21H,13-14H2,1-2H3. The first kappa shape index (κ1) is 14.3. The molecular weight excluding hydrogens is 292 g/mol. The smallest absolute Gasteiger partial charge is 0.0737 e. The number of rotatable bonds is 2.